The number of ether oxygens (including phenoxy) is 4. The molecule has 2 aliphatic rings. The quantitative estimate of drug-likeness (QED) is 0.287. The lowest BCUT2D eigenvalue weighted by atomic mass is 10.3. The van der Waals surface area contributed by atoms with E-state index in [1.807, 2.05) is 12.1 Å². The minimum atomic E-state index is 0.544. The summed E-state index contributed by atoms with van der Waals surface area (Å²) in [5.41, 5.74) is 0. The predicted molar refractivity (Wildman–Crippen MR) is 131 cm³/mol. The lowest BCUT2D eigenvalue weighted by Crippen LogP contribution is -2.15. The van der Waals surface area contributed by atoms with Crippen LogP contribution in [0.2, 0.25) is 0 Å². The fourth-order valence-corrected chi connectivity index (χ4v) is 8.36. The maximum Gasteiger partial charge on any atom is 0.186 e. The van der Waals surface area contributed by atoms with Crippen molar-refractivity contribution in [3.63, 3.8) is 0 Å². The van der Waals surface area contributed by atoms with Crippen LogP contribution in [0.15, 0.2) is 78.9 Å². The molecule has 0 atom stereocenters. The maximum atomic E-state index is 6.12. The van der Waals surface area contributed by atoms with Crippen molar-refractivity contribution in [3.8, 4) is 32.8 Å². The third kappa shape index (κ3) is 3.85. The molecule has 4 heterocycles. The third-order valence-electron chi connectivity index (χ3n) is 4.85. The second-order valence-electron chi connectivity index (χ2n) is 6.98. The van der Waals surface area contributed by atoms with Gasteiger partial charge in [-0.1, -0.05) is 59.9 Å². The molecule has 0 aliphatic carbocycles. The van der Waals surface area contributed by atoms with Crippen molar-refractivity contribution in [2.75, 3.05) is 26.4 Å². The van der Waals surface area contributed by atoms with Crippen LogP contribution in [0, 0.1) is 0 Å². The second-order valence-corrected chi connectivity index (χ2v) is 11.7. The minimum absolute atomic E-state index is 0.544. The molecule has 32 heavy (non-hydrogen) atoms. The first-order chi connectivity index (χ1) is 15.9. The highest BCUT2D eigenvalue weighted by Crippen LogP contribution is 2.61. The van der Waals surface area contributed by atoms with Gasteiger partial charge in [-0.2, -0.15) is 0 Å². The topological polar surface area (TPSA) is 36.9 Å². The first kappa shape index (κ1) is 20.4. The van der Waals surface area contributed by atoms with E-state index in [9.17, 15) is 0 Å². The van der Waals surface area contributed by atoms with Crippen LogP contribution in [0.25, 0.3) is 9.75 Å². The van der Waals surface area contributed by atoms with E-state index in [0.717, 1.165) is 41.2 Å². The Hall–Kier alpha value is -2.26. The molecule has 4 aromatic rings. The minimum Gasteiger partial charge on any atom is -0.485 e. The molecule has 0 unspecified atom stereocenters. The van der Waals surface area contributed by atoms with Crippen molar-refractivity contribution in [1.29, 1.82) is 0 Å². The second kappa shape index (κ2) is 8.94. The van der Waals surface area contributed by atoms with Gasteiger partial charge in [0.15, 0.2) is 23.0 Å². The van der Waals surface area contributed by atoms with Crippen molar-refractivity contribution < 1.29 is 18.9 Å². The van der Waals surface area contributed by atoms with E-state index in [1.54, 1.807) is 46.2 Å². The molecule has 8 heteroatoms. The summed E-state index contributed by atoms with van der Waals surface area (Å²) >= 11 is 6.80. The van der Waals surface area contributed by atoms with Gasteiger partial charge in [0, 0.05) is 9.79 Å². The van der Waals surface area contributed by atoms with Gasteiger partial charge in [-0.05, 0) is 24.3 Å². The Balaban J connectivity index is 1.44. The van der Waals surface area contributed by atoms with Gasteiger partial charge < -0.3 is 18.9 Å². The lowest BCUT2D eigenvalue weighted by molar-refractivity contribution is 0.168. The predicted octanol–water partition coefficient (Wildman–Crippen LogP) is 7.32. The van der Waals surface area contributed by atoms with Crippen LogP contribution in [0.4, 0.5) is 0 Å². The standard InChI is InChI=1S/C24H18O4S4/c1-3-7-15(8-4-1)29-23-19-17(25-11-13-27-19)21(31-23)22-18-20(28-14-12-26-18)24(32-22)30-16-9-5-2-6-10-16/h1-10H,11-14H2. The molecule has 162 valence electrons. The van der Waals surface area contributed by atoms with Gasteiger partial charge in [0.2, 0.25) is 0 Å². The summed E-state index contributed by atoms with van der Waals surface area (Å²) in [5.74, 6) is 3.30. The molecule has 0 fully saturated rings. The van der Waals surface area contributed by atoms with E-state index in [4.69, 9.17) is 18.9 Å². The SMILES string of the molecule is c1ccc(Sc2sc(-c3sc(Sc4ccccc4)c4c3OCCO4)c3c2OCCO3)cc1. The van der Waals surface area contributed by atoms with Crippen LogP contribution in [-0.2, 0) is 0 Å². The smallest absolute Gasteiger partial charge is 0.186 e. The summed E-state index contributed by atoms with van der Waals surface area (Å²) in [7, 11) is 0. The molecule has 0 saturated heterocycles. The molecule has 0 spiro atoms. The number of benzene rings is 2. The van der Waals surface area contributed by atoms with Crippen molar-refractivity contribution in [1.82, 2.24) is 0 Å². The summed E-state index contributed by atoms with van der Waals surface area (Å²) in [5, 5.41) is 0. The van der Waals surface area contributed by atoms with Gasteiger partial charge in [-0.15, -0.1) is 22.7 Å². The normalized spacial score (nSPS) is 14.4. The number of fused-ring (bicyclic) bond motifs is 2. The Morgan fingerprint density at radius 3 is 1.28 bits per heavy atom. The van der Waals surface area contributed by atoms with Crippen LogP contribution >= 0.6 is 46.2 Å². The Kier molecular flexibility index (Phi) is 5.69. The van der Waals surface area contributed by atoms with E-state index in [2.05, 4.69) is 48.5 Å². The van der Waals surface area contributed by atoms with Crippen LogP contribution in [0.1, 0.15) is 0 Å². The first-order valence-electron chi connectivity index (χ1n) is 10.2. The zero-order valence-electron chi connectivity index (χ0n) is 16.9. The lowest BCUT2D eigenvalue weighted by Gasteiger charge is -2.18. The van der Waals surface area contributed by atoms with Gasteiger partial charge in [0.1, 0.15) is 34.8 Å². The highest BCUT2D eigenvalue weighted by molar-refractivity contribution is 8.01. The summed E-state index contributed by atoms with van der Waals surface area (Å²) in [6.45, 7) is 2.21. The molecule has 0 bridgehead atoms. The molecule has 0 radical (unpaired) electrons. The monoisotopic (exact) mass is 498 g/mol. The molecule has 0 N–H and O–H groups in total. The fraction of sp³-hybridized carbons (Fsp3) is 0.167. The maximum absolute atomic E-state index is 6.12. The molecular formula is C24H18O4S4. The summed E-state index contributed by atoms with van der Waals surface area (Å²) in [6.07, 6.45) is 0. The van der Waals surface area contributed by atoms with E-state index in [0.29, 0.717) is 26.4 Å². The first-order valence-corrected chi connectivity index (χ1v) is 13.4. The Bertz CT molecular complexity index is 1140. The Morgan fingerprint density at radius 2 is 0.875 bits per heavy atom. The summed E-state index contributed by atoms with van der Waals surface area (Å²) in [6, 6.07) is 20.7. The number of thiophene rings is 2. The average molecular weight is 499 g/mol. The Morgan fingerprint density at radius 1 is 0.500 bits per heavy atom. The number of hydrogen-bond donors (Lipinski definition) is 0. The van der Waals surface area contributed by atoms with Crippen molar-refractivity contribution in [3.05, 3.63) is 60.7 Å². The number of hydrogen-bond acceptors (Lipinski definition) is 8. The molecule has 6 rings (SSSR count). The van der Waals surface area contributed by atoms with Gasteiger partial charge in [-0.3, -0.25) is 0 Å². The van der Waals surface area contributed by atoms with Crippen molar-refractivity contribution in [2.45, 2.75) is 18.2 Å². The highest BCUT2D eigenvalue weighted by atomic mass is 32.2. The van der Waals surface area contributed by atoms with E-state index in [-0.39, 0.29) is 0 Å². The van der Waals surface area contributed by atoms with E-state index < -0.39 is 0 Å². The largest absolute Gasteiger partial charge is 0.485 e. The van der Waals surface area contributed by atoms with Gasteiger partial charge in [-0.25, -0.2) is 0 Å². The zero-order valence-corrected chi connectivity index (χ0v) is 20.1. The van der Waals surface area contributed by atoms with E-state index in [1.165, 1.54) is 9.79 Å². The molecule has 2 aromatic heterocycles. The molecule has 0 saturated carbocycles. The molecule has 4 nitrogen and oxygen atoms in total. The van der Waals surface area contributed by atoms with Crippen LogP contribution in [0.3, 0.4) is 0 Å². The van der Waals surface area contributed by atoms with Crippen LogP contribution in [-0.4, -0.2) is 26.4 Å². The summed E-state index contributed by atoms with van der Waals surface area (Å²) in [4.78, 5) is 4.44. The highest BCUT2D eigenvalue weighted by Gasteiger charge is 2.33. The van der Waals surface area contributed by atoms with Crippen molar-refractivity contribution in [2.24, 2.45) is 0 Å². The molecule has 0 amide bonds. The van der Waals surface area contributed by atoms with Gasteiger partial charge >= 0.3 is 0 Å². The van der Waals surface area contributed by atoms with Gasteiger partial charge in [0.05, 0.1) is 9.75 Å². The van der Waals surface area contributed by atoms with Gasteiger partial charge in [0.25, 0.3) is 0 Å². The molecule has 2 aliphatic heterocycles. The van der Waals surface area contributed by atoms with Crippen molar-refractivity contribution >= 4 is 46.2 Å². The summed E-state index contributed by atoms with van der Waals surface area (Å²) < 4.78 is 26.6. The van der Waals surface area contributed by atoms with E-state index >= 15 is 0 Å². The zero-order chi connectivity index (χ0) is 21.3. The Labute approximate surface area is 202 Å². The fourth-order valence-electron chi connectivity index (χ4n) is 3.47. The van der Waals surface area contributed by atoms with Crippen LogP contribution < -0.4 is 18.9 Å². The molecule has 2 aromatic carbocycles. The molecular weight excluding hydrogens is 481 g/mol. The average Bonchev–Trinajstić information content (AvgIpc) is 3.39. The van der Waals surface area contributed by atoms with Crippen LogP contribution in [0.5, 0.6) is 23.0 Å². The third-order valence-corrected chi connectivity index (χ3v) is 9.67. The number of rotatable bonds is 5.